The largest absolute Gasteiger partial charge is 0.338 e. The zero-order chi connectivity index (χ0) is 15.5. The first-order valence-electron chi connectivity index (χ1n) is 8.32. The molecule has 1 aromatic rings. The molecule has 1 aromatic heterocycles. The number of likely N-dealkylation sites (tertiary alicyclic amines) is 2. The Kier molecular flexibility index (Phi) is 4.62. The van der Waals surface area contributed by atoms with Gasteiger partial charge < -0.3 is 14.4 Å². The number of aromatic nitrogens is 1. The van der Waals surface area contributed by atoms with Crippen molar-refractivity contribution in [2.45, 2.75) is 25.7 Å². The Morgan fingerprint density at radius 3 is 2.73 bits per heavy atom. The van der Waals surface area contributed by atoms with Gasteiger partial charge in [0.1, 0.15) is 0 Å². The first-order chi connectivity index (χ1) is 10.6. The average Bonchev–Trinajstić information content (AvgIpc) is 2.99. The van der Waals surface area contributed by atoms with Crippen molar-refractivity contribution in [3.63, 3.8) is 0 Å². The summed E-state index contributed by atoms with van der Waals surface area (Å²) in [5.74, 6) is 0.576. The van der Waals surface area contributed by atoms with Crippen molar-refractivity contribution in [3.8, 4) is 0 Å². The van der Waals surface area contributed by atoms with Gasteiger partial charge in [0.2, 0.25) is 0 Å². The van der Waals surface area contributed by atoms with Gasteiger partial charge in [-0.15, -0.1) is 0 Å². The van der Waals surface area contributed by atoms with Crippen LogP contribution in [0.2, 0.25) is 0 Å². The first-order valence-corrected chi connectivity index (χ1v) is 8.32. The maximum absolute atomic E-state index is 12.5. The number of amides is 1. The molecule has 2 aliphatic rings. The van der Waals surface area contributed by atoms with Gasteiger partial charge in [-0.3, -0.25) is 9.59 Å². The summed E-state index contributed by atoms with van der Waals surface area (Å²) in [6.07, 6.45) is 6.71. The molecule has 5 nitrogen and oxygen atoms in total. The maximum Gasteiger partial charge on any atom is 0.254 e. The van der Waals surface area contributed by atoms with Crippen molar-refractivity contribution in [1.82, 2.24) is 14.4 Å². The minimum atomic E-state index is -0.130. The summed E-state index contributed by atoms with van der Waals surface area (Å²) < 4.78 is 1.49. The molecule has 2 fully saturated rings. The van der Waals surface area contributed by atoms with Crippen LogP contribution in [0.1, 0.15) is 36.0 Å². The van der Waals surface area contributed by atoms with Gasteiger partial charge in [0.15, 0.2) is 0 Å². The van der Waals surface area contributed by atoms with E-state index in [4.69, 9.17) is 0 Å². The molecule has 0 spiro atoms. The molecule has 0 aromatic carbocycles. The minimum absolute atomic E-state index is 0.00107. The van der Waals surface area contributed by atoms with Crippen LogP contribution >= 0.6 is 0 Å². The summed E-state index contributed by atoms with van der Waals surface area (Å²) in [5, 5.41) is 0. The van der Waals surface area contributed by atoms with Crippen LogP contribution in [0.25, 0.3) is 0 Å². The van der Waals surface area contributed by atoms with E-state index >= 15 is 0 Å². The van der Waals surface area contributed by atoms with Crippen molar-refractivity contribution in [3.05, 3.63) is 34.2 Å². The van der Waals surface area contributed by atoms with E-state index in [0.717, 1.165) is 26.1 Å². The number of hydrogen-bond acceptors (Lipinski definition) is 3. The standard InChI is InChI=1S/C17H25N3O2/c1-18-9-6-15(11-16(18)21)17(22)20-10-5-14(13-20)12-19-7-3-2-4-8-19/h6,9,11,14H,2-5,7-8,10,12-13H2,1H3. The molecule has 3 heterocycles. The van der Waals surface area contributed by atoms with Crippen LogP contribution in [0.5, 0.6) is 0 Å². The van der Waals surface area contributed by atoms with Gasteiger partial charge in [0, 0.05) is 44.5 Å². The predicted octanol–water partition coefficient (Wildman–Crippen LogP) is 1.33. The fraction of sp³-hybridized carbons (Fsp3) is 0.647. The van der Waals surface area contributed by atoms with Crippen molar-refractivity contribution in [1.29, 1.82) is 0 Å². The highest BCUT2D eigenvalue weighted by atomic mass is 16.2. The lowest BCUT2D eigenvalue weighted by Crippen LogP contribution is -2.36. The predicted molar refractivity (Wildman–Crippen MR) is 86.0 cm³/mol. The van der Waals surface area contributed by atoms with Crippen LogP contribution in [0.4, 0.5) is 0 Å². The van der Waals surface area contributed by atoms with Gasteiger partial charge in [-0.05, 0) is 44.3 Å². The second-order valence-electron chi connectivity index (χ2n) is 6.63. The molecule has 0 radical (unpaired) electrons. The zero-order valence-electron chi connectivity index (χ0n) is 13.3. The Bertz CT molecular complexity index is 590. The van der Waals surface area contributed by atoms with Gasteiger partial charge in [-0.25, -0.2) is 0 Å². The molecule has 1 amide bonds. The molecular formula is C17H25N3O2. The highest BCUT2D eigenvalue weighted by Gasteiger charge is 2.28. The second-order valence-corrected chi connectivity index (χ2v) is 6.63. The SMILES string of the molecule is Cn1ccc(C(=O)N2CCC(CN3CCCCC3)C2)cc1=O. The van der Waals surface area contributed by atoms with Gasteiger partial charge in [0.05, 0.1) is 0 Å². The van der Waals surface area contributed by atoms with Crippen molar-refractivity contribution in [2.24, 2.45) is 13.0 Å². The third-order valence-corrected chi connectivity index (χ3v) is 4.89. The van der Waals surface area contributed by atoms with Crippen molar-refractivity contribution >= 4 is 5.91 Å². The molecule has 1 unspecified atom stereocenters. The number of carbonyl (C=O) groups excluding carboxylic acids is 1. The normalized spacial score (nSPS) is 23.0. The lowest BCUT2D eigenvalue weighted by atomic mass is 10.1. The van der Waals surface area contributed by atoms with E-state index in [-0.39, 0.29) is 11.5 Å². The molecule has 120 valence electrons. The number of pyridine rings is 1. The number of carbonyl (C=O) groups is 1. The summed E-state index contributed by atoms with van der Waals surface area (Å²) in [5.41, 5.74) is 0.386. The van der Waals surface area contributed by atoms with E-state index in [0.29, 0.717) is 11.5 Å². The van der Waals surface area contributed by atoms with Gasteiger partial charge in [-0.1, -0.05) is 6.42 Å². The molecule has 1 atom stereocenters. The fourth-order valence-electron chi connectivity index (χ4n) is 3.54. The van der Waals surface area contributed by atoms with Gasteiger partial charge in [-0.2, -0.15) is 0 Å². The quantitative estimate of drug-likeness (QED) is 0.846. The highest BCUT2D eigenvalue weighted by molar-refractivity contribution is 5.94. The third kappa shape index (κ3) is 3.40. The Morgan fingerprint density at radius 1 is 1.23 bits per heavy atom. The van der Waals surface area contributed by atoms with Crippen LogP contribution in [0.3, 0.4) is 0 Å². The van der Waals surface area contributed by atoms with E-state index in [1.807, 2.05) is 4.90 Å². The Morgan fingerprint density at radius 2 is 2.00 bits per heavy atom. The topological polar surface area (TPSA) is 45.6 Å². The molecular weight excluding hydrogens is 278 g/mol. The highest BCUT2D eigenvalue weighted by Crippen LogP contribution is 2.21. The van der Waals surface area contributed by atoms with Crippen LogP contribution in [-0.4, -0.2) is 53.0 Å². The molecule has 0 N–H and O–H groups in total. The molecule has 22 heavy (non-hydrogen) atoms. The minimum Gasteiger partial charge on any atom is -0.338 e. The Balaban J connectivity index is 1.58. The summed E-state index contributed by atoms with van der Waals surface area (Å²) in [6, 6.07) is 3.18. The first kappa shape index (κ1) is 15.3. The monoisotopic (exact) mass is 303 g/mol. The van der Waals surface area contributed by atoms with Crippen LogP contribution in [0, 0.1) is 5.92 Å². The van der Waals surface area contributed by atoms with E-state index in [1.165, 1.54) is 43.0 Å². The van der Waals surface area contributed by atoms with E-state index in [1.54, 1.807) is 19.3 Å². The molecule has 0 bridgehead atoms. The van der Waals surface area contributed by atoms with Gasteiger partial charge >= 0.3 is 0 Å². The molecule has 0 aliphatic carbocycles. The summed E-state index contributed by atoms with van der Waals surface area (Å²) >= 11 is 0. The lowest BCUT2D eigenvalue weighted by Gasteiger charge is -2.29. The van der Waals surface area contributed by atoms with E-state index in [2.05, 4.69) is 4.90 Å². The number of rotatable bonds is 3. The fourth-order valence-corrected chi connectivity index (χ4v) is 3.54. The lowest BCUT2D eigenvalue weighted by molar-refractivity contribution is 0.0782. The number of piperidine rings is 1. The smallest absolute Gasteiger partial charge is 0.254 e. The number of nitrogens with zero attached hydrogens (tertiary/aromatic N) is 3. The van der Waals surface area contributed by atoms with Crippen LogP contribution in [-0.2, 0) is 7.05 Å². The van der Waals surface area contributed by atoms with Crippen LogP contribution < -0.4 is 5.56 Å². The van der Waals surface area contributed by atoms with Crippen LogP contribution in [0.15, 0.2) is 23.1 Å². The number of hydrogen-bond donors (Lipinski definition) is 0. The van der Waals surface area contributed by atoms with Gasteiger partial charge in [0.25, 0.3) is 11.5 Å². The molecule has 2 aliphatic heterocycles. The average molecular weight is 303 g/mol. The van der Waals surface area contributed by atoms with Crippen molar-refractivity contribution in [2.75, 3.05) is 32.7 Å². The second kappa shape index (κ2) is 6.65. The Labute approximate surface area is 131 Å². The molecule has 2 saturated heterocycles. The number of aryl methyl sites for hydroxylation is 1. The van der Waals surface area contributed by atoms with E-state index in [9.17, 15) is 9.59 Å². The molecule has 5 heteroatoms. The maximum atomic E-state index is 12.5. The molecule has 3 rings (SSSR count). The summed E-state index contributed by atoms with van der Waals surface area (Å²) in [6.45, 7) is 5.16. The molecule has 0 saturated carbocycles. The third-order valence-electron chi connectivity index (χ3n) is 4.89. The zero-order valence-corrected chi connectivity index (χ0v) is 13.3. The summed E-state index contributed by atoms with van der Waals surface area (Å²) in [7, 11) is 1.70. The summed E-state index contributed by atoms with van der Waals surface area (Å²) in [4.78, 5) is 28.6. The van der Waals surface area contributed by atoms with E-state index < -0.39 is 0 Å². The van der Waals surface area contributed by atoms with Crippen molar-refractivity contribution < 1.29 is 4.79 Å². The Hall–Kier alpha value is -1.62.